The molecule has 0 atom stereocenters. The van der Waals surface area contributed by atoms with E-state index in [9.17, 15) is 13.6 Å². The normalized spacial score (nSPS) is 10.9. The van der Waals surface area contributed by atoms with Crippen LogP contribution in [0, 0.1) is 11.6 Å². The average Bonchev–Trinajstić information content (AvgIpc) is 3.05. The molecule has 1 heterocycles. The molecular formula is C18H14ClF2N3OS. The maximum atomic E-state index is 13.3. The monoisotopic (exact) mass is 393 g/mol. The fraction of sp³-hybridized carbons (Fsp3) is 0.167. The number of ketones is 1. The molecule has 134 valence electrons. The Balaban J connectivity index is 1.77. The van der Waals surface area contributed by atoms with Crippen molar-refractivity contribution in [3.63, 3.8) is 0 Å². The van der Waals surface area contributed by atoms with Crippen LogP contribution < -0.4 is 0 Å². The summed E-state index contributed by atoms with van der Waals surface area (Å²) in [6.45, 7) is 2.57. The minimum Gasteiger partial charge on any atom is -0.302 e. The van der Waals surface area contributed by atoms with Gasteiger partial charge in [0, 0.05) is 22.7 Å². The smallest absolute Gasteiger partial charge is 0.191 e. The Morgan fingerprint density at radius 1 is 1.12 bits per heavy atom. The molecule has 0 amide bonds. The number of hydrogen-bond acceptors (Lipinski definition) is 4. The van der Waals surface area contributed by atoms with Crippen molar-refractivity contribution in [2.24, 2.45) is 0 Å². The van der Waals surface area contributed by atoms with Gasteiger partial charge in [-0.15, -0.1) is 10.2 Å². The number of Topliss-reactive ketones (excluding diaryl/α,β-unsaturated/α-hetero) is 1. The molecule has 3 rings (SSSR count). The Morgan fingerprint density at radius 2 is 1.85 bits per heavy atom. The van der Waals surface area contributed by atoms with Crippen molar-refractivity contribution in [2.75, 3.05) is 5.75 Å². The first-order chi connectivity index (χ1) is 12.5. The lowest BCUT2D eigenvalue weighted by Crippen LogP contribution is -2.06. The number of carbonyl (C=O) groups excluding carboxylic acids is 1. The second-order valence-corrected chi connectivity index (χ2v) is 6.78. The number of thioether (sulfide) groups is 1. The quantitative estimate of drug-likeness (QED) is 0.442. The standard InChI is InChI=1S/C18H14ClF2N3OS/c1-2-24-17(11-3-6-13(19)7-4-11)22-23-18(24)26-10-16(25)12-5-8-14(20)15(21)9-12/h3-9H,2,10H2,1H3. The third-order valence-electron chi connectivity index (χ3n) is 3.71. The van der Waals surface area contributed by atoms with Gasteiger partial charge in [0.25, 0.3) is 0 Å². The second-order valence-electron chi connectivity index (χ2n) is 5.40. The van der Waals surface area contributed by atoms with Gasteiger partial charge < -0.3 is 4.57 Å². The fourth-order valence-electron chi connectivity index (χ4n) is 2.38. The summed E-state index contributed by atoms with van der Waals surface area (Å²) < 4.78 is 28.1. The molecule has 0 bridgehead atoms. The molecule has 0 unspecified atom stereocenters. The zero-order chi connectivity index (χ0) is 18.7. The van der Waals surface area contributed by atoms with Gasteiger partial charge in [-0.3, -0.25) is 4.79 Å². The molecule has 0 fully saturated rings. The number of hydrogen-bond donors (Lipinski definition) is 0. The lowest BCUT2D eigenvalue weighted by molar-refractivity contribution is 0.102. The van der Waals surface area contributed by atoms with Crippen LogP contribution in [-0.2, 0) is 6.54 Å². The van der Waals surface area contributed by atoms with Crippen molar-refractivity contribution in [3.8, 4) is 11.4 Å². The first kappa shape index (κ1) is 18.5. The minimum absolute atomic E-state index is 0.0455. The van der Waals surface area contributed by atoms with Crippen molar-refractivity contribution in [3.05, 3.63) is 64.7 Å². The van der Waals surface area contributed by atoms with Gasteiger partial charge in [-0.2, -0.15) is 0 Å². The van der Waals surface area contributed by atoms with Crippen molar-refractivity contribution < 1.29 is 13.6 Å². The average molecular weight is 394 g/mol. The second kappa shape index (κ2) is 7.97. The molecule has 2 aromatic carbocycles. The number of benzene rings is 2. The highest BCUT2D eigenvalue weighted by atomic mass is 35.5. The molecule has 4 nitrogen and oxygen atoms in total. The topological polar surface area (TPSA) is 47.8 Å². The molecule has 0 aliphatic heterocycles. The Labute approximate surface area is 158 Å². The summed E-state index contributed by atoms with van der Waals surface area (Å²) in [7, 11) is 0. The van der Waals surface area contributed by atoms with Gasteiger partial charge in [-0.05, 0) is 49.4 Å². The first-order valence-corrected chi connectivity index (χ1v) is 9.16. The summed E-state index contributed by atoms with van der Waals surface area (Å²) in [5, 5.41) is 9.54. The van der Waals surface area contributed by atoms with E-state index in [1.807, 2.05) is 23.6 Å². The SMILES string of the molecule is CCn1c(SCC(=O)c2ccc(F)c(F)c2)nnc1-c1ccc(Cl)cc1. The summed E-state index contributed by atoms with van der Waals surface area (Å²) in [6.07, 6.45) is 0. The van der Waals surface area contributed by atoms with Crippen LogP contribution in [-0.4, -0.2) is 26.3 Å². The number of halogens is 3. The van der Waals surface area contributed by atoms with Gasteiger partial charge in [0.2, 0.25) is 0 Å². The number of aromatic nitrogens is 3. The largest absolute Gasteiger partial charge is 0.302 e. The molecule has 0 aliphatic carbocycles. The van der Waals surface area contributed by atoms with E-state index in [2.05, 4.69) is 10.2 Å². The molecule has 0 spiro atoms. The molecule has 3 aromatic rings. The fourth-order valence-corrected chi connectivity index (χ4v) is 3.40. The molecule has 0 aliphatic rings. The molecule has 26 heavy (non-hydrogen) atoms. The maximum Gasteiger partial charge on any atom is 0.191 e. The summed E-state index contributed by atoms with van der Waals surface area (Å²) in [5.74, 6) is -1.61. The van der Waals surface area contributed by atoms with Gasteiger partial charge in [-0.25, -0.2) is 8.78 Å². The molecule has 0 radical (unpaired) electrons. The van der Waals surface area contributed by atoms with Crippen LogP contribution in [0.2, 0.25) is 5.02 Å². The lowest BCUT2D eigenvalue weighted by Gasteiger charge is -2.07. The third kappa shape index (κ3) is 3.94. The van der Waals surface area contributed by atoms with E-state index in [0.717, 1.165) is 17.7 Å². The third-order valence-corrected chi connectivity index (χ3v) is 4.93. The van der Waals surface area contributed by atoms with E-state index in [1.54, 1.807) is 12.1 Å². The summed E-state index contributed by atoms with van der Waals surface area (Å²) in [6, 6.07) is 10.3. The van der Waals surface area contributed by atoms with Crippen LogP contribution >= 0.6 is 23.4 Å². The van der Waals surface area contributed by atoms with Gasteiger partial charge in [0.15, 0.2) is 28.4 Å². The van der Waals surface area contributed by atoms with Gasteiger partial charge in [-0.1, -0.05) is 23.4 Å². The van der Waals surface area contributed by atoms with E-state index in [4.69, 9.17) is 11.6 Å². The molecule has 0 N–H and O–H groups in total. The molecule has 0 saturated carbocycles. The van der Waals surface area contributed by atoms with E-state index >= 15 is 0 Å². The van der Waals surface area contributed by atoms with Crippen LogP contribution in [0.1, 0.15) is 17.3 Å². The van der Waals surface area contributed by atoms with Crippen LogP contribution in [0.3, 0.4) is 0 Å². The van der Waals surface area contributed by atoms with Crippen molar-refractivity contribution >= 4 is 29.1 Å². The maximum absolute atomic E-state index is 13.3. The number of carbonyl (C=O) groups is 1. The Hall–Kier alpha value is -2.25. The molecule has 8 heteroatoms. The van der Waals surface area contributed by atoms with E-state index in [-0.39, 0.29) is 17.1 Å². The van der Waals surface area contributed by atoms with Crippen molar-refractivity contribution in [1.29, 1.82) is 0 Å². The predicted molar refractivity (Wildman–Crippen MR) is 97.6 cm³/mol. The number of nitrogens with zero attached hydrogens (tertiary/aromatic N) is 3. The summed E-state index contributed by atoms with van der Waals surface area (Å²) >= 11 is 7.11. The summed E-state index contributed by atoms with van der Waals surface area (Å²) in [4.78, 5) is 12.2. The zero-order valence-electron chi connectivity index (χ0n) is 13.7. The van der Waals surface area contributed by atoms with Gasteiger partial charge >= 0.3 is 0 Å². The van der Waals surface area contributed by atoms with E-state index in [1.165, 1.54) is 17.8 Å². The predicted octanol–water partition coefficient (Wildman–Crippen LogP) is 4.87. The van der Waals surface area contributed by atoms with E-state index < -0.39 is 11.6 Å². The number of rotatable bonds is 6. The Bertz CT molecular complexity index is 944. The van der Waals surface area contributed by atoms with Crippen LogP contribution in [0.15, 0.2) is 47.6 Å². The zero-order valence-corrected chi connectivity index (χ0v) is 15.3. The molecular weight excluding hydrogens is 380 g/mol. The molecule has 0 saturated heterocycles. The van der Waals surface area contributed by atoms with Crippen LogP contribution in [0.4, 0.5) is 8.78 Å². The molecule has 1 aromatic heterocycles. The van der Waals surface area contributed by atoms with Crippen LogP contribution in [0.25, 0.3) is 11.4 Å². The van der Waals surface area contributed by atoms with Gasteiger partial charge in [0.05, 0.1) is 5.75 Å². The highest BCUT2D eigenvalue weighted by Gasteiger charge is 2.16. The Kier molecular flexibility index (Phi) is 5.68. The van der Waals surface area contributed by atoms with Gasteiger partial charge in [0.1, 0.15) is 0 Å². The first-order valence-electron chi connectivity index (χ1n) is 7.79. The summed E-state index contributed by atoms with van der Waals surface area (Å²) in [5.41, 5.74) is 0.986. The Morgan fingerprint density at radius 3 is 2.50 bits per heavy atom. The van der Waals surface area contributed by atoms with E-state index in [0.29, 0.717) is 22.5 Å². The van der Waals surface area contributed by atoms with Crippen molar-refractivity contribution in [1.82, 2.24) is 14.8 Å². The van der Waals surface area contributed by atoms with Crippen molar-refractivity contribution in [2.45, 2.75) is 18.6 Å². The van der Waals surface area contributed by atoms with Crippen LogP contribution in [0.5, 0.6) is 0 Å². The highest BCUT2D eigenvalue weighted by molar-refractivity contribution is 7.99. The highest BCUT2D eigenvalue weighted by Crippen LogP contribution is 2.25. The lowest BCUT2D eigenvalue weighted by atomic mass is 10.1. The minimum atomic E-state index is -1.04.